The highest BCUT2D eigenvalue weighted by Crippen LogP contribution is 2.33. The summed E-state index contributed by atoms with van der Waals surface area (Å²) in [6.07, 6.45) is 18.0. The Kier molecular flexibility index (Phi) is 8.45. The van der Waals surface area contributed by atoms with Gasteiger partial charge in [-0.1, -0.05) is 97.6 Å². The summed E-state index contributed by atoms with van der Waals surface area (Å²) in [7, 11) is 0. The minimum atomic E-state index is -0.649. The Morgan fingerprint density at radius 2 is 2.03 bits per heavy atom. The SMILES string of the molecule is N=C(/C=C(/c1ccccc1)N(N)I=Cc1cccc(C2=C3C=NC=CC3CC=C2)c1)C1=CCCC=I1. The minimum absolute atomic E-state index is 0.190. The van der Waals surface area contributed by atoms with E-state index in [0.29, 0.717) is 11.6 Å². The van der Waals surface area contributed by atoms with Gasteiger partial charge in [-0.2, -0.15) is 0 Å². The number of fused-ring (bicyclic) bond motifs is 1. The number of nitrogens with one attached hydrogen (secondary N) is 1. The first-order valence-corrected chi connectivity index (χ1v) is 16.5. The van der Waals surface area contributed by atoms with Crippen LogP contribution in [0.25, 0.3) is 11.3 Å². The number of nitrogens with two attached hydrogens (primary N) is 1. The van der Waals surface area contributed by atoms with Gasteiger partial charge in [0.05, 0.1) is 11.4 Å². The van der Waals surface area contributed by atoms with Crippen LogP contribution in [0.15, 0.2) is 105 Å². The van der Waals surface area contributed by atoms with E-state index in [1.54, 1.807) is 0 Å². The number of allylic oxidation sites excluding steroid dienone is 8. The molecule has 0 saturated carbocycles. The van der Waals surface area contributed by atoms with Crippen molar-refractivity contribution in [2.45, 2.75) is 19.3 Å². The van der Waals surface area contributed by atoms with Crippen LogP contribution in [0.1, 0.15) is 36.0 Å². The molecule has 0 aromatic heterocycles. The number of rotatable bonds is 7. The Morgan fingerprint density at radius 1 is 1.14 bits per heavy atom. The molecule has 3 aliphatic rings. The Labute approximate surface area is 233 Å². The maximum Gasteiger partial charge on any atom is 0.0719 e. The van der Waals surface area contributed by atoms with E-state index in [1.165, 1.54) is 25.9 Å². The Morgan fingerprint density at radius 3 is 2.86 bits per heavy atom. The summed E-state index contributed by atoms with van der Waals surface area (Å²) in [6.45, 7) is 0. The molecule has 4 nitrogen and oxygen atoms in total. The van der Waals surface area contributed by atoms with E-state index < -0.39 is 21.0 Å². The predicted octanol–water partition coefficient (Wildman–Crippen LogP) is 7.34. The lowest BCUT2D eigenvalue weighted by Crippen LogP contribution is -2.20. The van der Waals surface area contributed by atoms with Crippen molar-refractivity contribution < 1.29 is 0 Å². The summed E-state index contributed by atoms with van der Waals surface area (Å²) < 4.78 is 7.67. The molecule has 0 bridgehead atoms. The van der Waals surface area contributed by atoms with Gasteiger partial charge >= 0.3 is 0 Å². The number of hydrogen-bond donors (Lipinski definition) is 2. The van der Waals surface area contributed by atoms with Crippen molar-refractivity contribution in [3.63, 3.8) is 0 Å². The molecule has 0 fully saturated rings. The van der Waals surface area contributed by atoms with Crippen LogP contribution in [0.5, 0.6) is 0 Å². The van der Waals surface area contributed by atoms with Crippen LogP contribution in [0.3, 0.4) is 0 Å². The van der Waals surface area contributed by atoms with E-state index in [4.69, 9.17) is 11.3 Å². The van der Waals surface area contributed by atoms with Crippen molar-refractivity contribution in [3.05, 3.63) is 117 Å². The topological polar surface area (TPSA) is 65.5 Å². The number of halogens is 2. The van der Waals surface area contributed by atoms with Crippen LogP contribution in [0.2, 0.25) is 0 Å². The summed E-state index contributed by atoms with van der Waals surface area (Å²) >= 11 is -0.839. The Balaban J connectivity index is 1.42. The van der Waals surface area contributed by atoms with Crippen LogP contribution in [0, 0.1) is 11.3 Å². The van der Waals surface area contributed by atoms with Crippen LogP contribution in [-0.4, -0.2) is 23.2 Å². The summed E-state index contributed by atoms with van der Waals surface area (Å²) in [5, 5.41) is 8.72. The zero-order valence-corrected chi connectivity index (χ0v) is 24.1. The average Bonchev–Trinajstić information content (AvgIpc) is 2.95. The van der Waals surface area contributed by atoms with Crippen LogP contribution in [0.4, 0.5) is 0 Å². The second-order valence-corrected chi connectivity index (χ2v) is 13.5. The normalized spacial score (nSPS) is 19.4. The molecule has 2 aromatic carbocycles. The predicted molar refractivity (Wildman–Crippen MR) is 173 cm³/mol. The van der Waals surface area contributed by atoms with Gasteiger partial charge in [0.1, 0.15) is 0 Å². The number of hydrazine groups is 1. The summed E-state index contributed by atoms with van der Waals surface area (Å²) in [5.74, 6) is 7.08. The van der Waals surface area contributed by atoms with E-state index in [1.807, 2.05) is 39.9 Å². The second kappa shape index (κ2) is 12.1. The zero-order chi connectivity index (χ0) is 24.7. The summed E-state index contributed by atoms with van der Waals surface area (Å²) in [6, 6.07) is 18.9. The Hall–Kier alpha value is -2.56. The van der Waals surface area contributed by atoms with Crippen molar-refractivity contribution in [2.75, 3.05) is 0 Å². The van der Waals surface area contributed by atoms with Gasteiger partial charge in [-0.15, -0.1) is 0 Å². The van der Waals surface area contributed by atoms with Crippen LogP contribution >= 0.6 is 41.7 Å². The van der Waals surface area contributed by atoms with Crippen LogP contribution in [-0.2, 0) is 0 Å². The number of nitrogens with zero attached hydrogens (tertiary/aromatic N) is 2. The van der Waals surface area contributed by atoms with Gasteiger partial charge in [0.2, 0.25) is 0 Å². The first-order valence-electron chi connectivity index (χ1n) is 11.9. The highest BCUT2D eigenvalue weighted by molar-refractivity contribution is 14.2. The quantitative estimate of drug-likeness (QED) is 0.105. The molecule has 3 N–H and O–H groups in total. The standard InChI is InChI=1S/C30H28I2N4/c33-29(28-14-4-5-16-31-28)19-30(24-9-2-1-3-10-24)36(34)32-20-22-8-6-12-25(18-22)26-13-7-11-23-15-17-35-21-27(23)26/h1-3,6-10,12-21,23,33H,4-5,11,34H2/b30-19-,33-29?. The average molecular weight is 698 g/mol. The molecule has 0 amide bonds. The highest BCUT2D eigenvalue weighted by atomic mass is 127. The van der Waals surface area contributed by atoms with E-state index in [-0.39, 0.29) is 20.7 Å². The fraction of sp³-hybridized carbons (Fsp3) is 0.133. The van der Waals surface area contributed by atoms with Gasteiger partial charge in [0, 0.05) is 48.5 Å². The molecule has 36 heavy (non-hydrogen) atoms. The van der Waals surface area contributed by atoms with Gasteiger partial charge in [-0.3, -0.25) is 13.6 Å². The molecule has 0 radical (unpaired) electrons. The molecule has 5 rings (SSSR count). The number of benzene rings is 2. The molecule has 6 heteroatoms. The van der Waals surface area contributed by atoms with Gasteiger partial charge in [0.15, 0.2) is 0 Å². The minimum Gasteiger partial charge on any atom is -0.300 e. The molecule has 2 aromatic rings. The van der Waals surface area contributed by atoms with Gasteiger partial charge in [0.25, 0.3) is 0 Å². The van der Waals surface area contributed by atoms with Gasteiger partial charge in [-0.05, 0) is 57.7 Å². The van der Waals surface area contributed by atoms with Crippen molar-refractivity contribution in [1.29, 1.82) is 5.41 Å². The van der Waals surface area contributed by atoms with Crippen molar-refractivity contribution in [2.24, 2.45) is 16.8 Å². The number of hydrogen-bond acceptors (Lipinski definition) is 4. The Bertz CT molecular complexity index is 1390. The van der Waals surface area contributed by atoms with E-state index in [9.17, 15) is 0 Å². The fourth-order valence-electron chi connectivity index (χ4n) is 4.29. The van der Waals surface area contributed by atoms with E-state index in [2.05, 4.69) is 73.7 Å². The van der Waals surface area contributed by atoms with E-state index >= 15 is 0 Å². The molecule has 2 aliphatic heterocycles. The smallest absolute Gasteiger partial charge is 0.0719 e. The molecular formula is C30H28I2N4. The monoisotopic (exact) mass is 698 g/mol. The lowest BCUT2D eigenvalue weighted by atomic mass is 9.84. The largest absolute Gasteiger partial charge is 0.300 e. The van der Waals surface area contributed by atoms with Gasteiger partial charge < -0.3 is 0 Å². The maximum absolute atomic E-state index is 8.72. The highest BCUT2D eigenvalue weighted by Gasteiger charge is 2.19. The summed E-state index contributed by atoms with van der Waals surface area (Å²) in [5.41, 5.74) is 7.45. The molecule has 1 unspecified atom stereocenters. The fourth-order valence-corrected chi connectivity index (χ4v) is 8.21. The first-order chi connectivity index (χ1) is 17.7. The zero-order valence-electron chi connectivity index (χ0n) is 19.8. The molecule has 0 saturated heterocycles. The third-order valence-electron chi connectivity index (χ3n) is 6.11. The molecule has 1 atom stereocenters. The molecular weight excluding hydrogens is 670 g/mol. The number of aliphatic imine (C=N–C) groups is 1. The van der Waals surface area contributed by atoms with Gasteiger partial charge in [-0.25, -0.2) is 5.84 Å². The lowest BCUT2D eigenvalue weighted by molar-refractivity contribution is 0.754. The summed E-state index contributed by atoms with van der Waals surface area (Å²) in [4.78, 5) is 4.37. The maximum atomic E-state index is 8.72. The lowest BCUT2D eigenvalue weighted by Gasteiger charge is -2.22. The molecule has 2 heterocycles. The molecule has 1 aliphatic carbocycles. The van der Waals surface area contributed by atoms with E-state index in [0.717, 1.165) is 30.5 Å². The molecule has 0 spiro atoms. The second-order valence-electron chi connectivity index (χ2n) is 8.58. The third kappa shape index (κ3) is 6.04. The van der Waals surface area contributed by atoms with Crippen molar-refractivity contribution >= 4 is 73.0 Å². The first kappa shape index (κ1) is 25.1. The molecule has 182 valence electrons. The van der Waals surface area contributed by atoms with Crippen molar-refractivity contribution in [3.8, 4) is 0 Å². The van der Waals surface area contributed by atoms with Crippen molar-refractivity contribution in [1.82, 2.24) is 3.22 Å². The van der Waals surface area contributed by atoms with Crippen LogP contribution < -0.4 is 5.84 Å². The third-order valence-corrected chi connectivity index (χ3v) is 11.0.